The summed E-state index contributed by atoms with van der Waals surface area (Å²) in [7, 11) is 0. The lowest BCUT2D eigenvalue weighted by atomic mass is 10.0. The summed E-state index contributed by atoms with van der Waals surface area (Å²) in [5, 5.41) is 4.07. The molecule has 0 aliphatic carbocycles. The Morgan fingerprint density at radius 2 is 2.00 bits per heavy atom. The van der Waals surface area contributed by atoms with Gasteiger partial charge in [-0.05, 0) is 46.2 Å². The van der Waals surface area contributed by atoms with E-state index in [9.17, 15) is 4.79 Å². The highest BCUT2D eigenvalue weighted by Crippen LogP contribution is 2.31. The molecule has 0 saturated carbocycles. The zero-order chi connectivity index (χ0) is 19.6. The first-order valence-corrected chi connectivity index (χ1v) is 10.6. The number of hydrogen-bond donors (Lipinski definition) is 1. The predicted molar refractivity (Wildman–Crippen MR) is 114 cm³/mol. The number of nitrogens with one attached hydrogen (secondary N) is 1. The van der Waals surface area contributed by atoms with E-state index in [0.717, 1.165) is 46.9 Å². The van der Waals surface area contributed by atoms with E-state index in [2.05, 4.69) is 35.3 Å². The van der Waals surface area contributed by atoms with Crippen LogP contribution in [0.15, 0.2) is 24.3 Å². The molecule has 1 aromatic heterocycles. The van der Waals surface area contributed by atoms with Crippen LogP contribution < -0.4 is 10.2 Å². The summed E-state index contributed by atoms with van der Waals surface area (Å²) in [4.78, 5) is 19.6. The number of thioether (sulfide) groups is 1. The number of amides is 1. The minimum Gasteiger partial charge on any atom is -0.444 e. The normalized spacial score (nSPS) is 16.3. The molecule has 27 heavy (non-hydrogen) atoms. The third-order valence-electron chi connectivity index (χ3n) is 4.57. The van der Waals surface area contributed by atoms with Crippen LogP contribution in [0.25, 0.3) is 10.9 Å². The van der Waals surface area contributed by atoms with Crippen LogP contribution in [-0.4, -0.2) is 41.3 Å². The molecule has 1 atom stereocenters. The number of fused-ring (bicyclic) bond motifs is 1. The van der Waals surface area contributed by atoms with Gasteiger partial charge in [0.2, 0.25) is 0 Å². The molecule has 1 saturated heterocycles. The van der Waals surface area contributed by atoms with Crippen LogP contribution in [0.3, 0.4) is 0 Å². The molecule has 0 spiro atoms. The molecule has 5 nitrogen and oxygen atoms in total. The van der Waals surface area contributed by atoms with Crippen molar-refractivity contribution in [1.29, 1.82) is 0 Å². The second-order valence-electron chi connectivity index (χ2n) is 8.02. The van der Waals surface area contributed by atoms with E-state index in [1.54, 1.807) is 0 Å². The van der Waals surface area contributed by atoms with Gasteiger partial charge in [0, 0.05) is 35.5 Å². The smallest absolute Gasteiger partial charge is 0.408 e. The zero-order valence-electron chi connectivity index (χ0n) is 16.8. The van der Waals surface area contributed by atoms with Gasteiger partial charge in [-0.15, -0.1) is 0 Å². The predicted octanol–water partition coefficient (Wildman–Crippen LogP) is 4.68. The van der Waals surface area contributed by atoms with Gasteiger partial charge in [-0.25, -0.2) is 9.78 Å². The molecule has 6 heteroatoms. The van der Waals surface area contributed by atoms with Crippen molar-refractivity contribution < 1.29 is 9.53 Å². The van der Waals surface area contributed by atoms with Gasteiger partial charge >= 0.3 is 6.09 Å². The number of anilines is 1. The molecule has 1 N–H and O–H groups in total. The van der Waals surface area contributed by atoms with E-state index < -0.39 is 11.7 Å². The van der Waals surface area contributed by atoms with Gasteiger partial charge in [-0.2, -0.15) is 11.8 Å². The summed E-state index contributed by atoms with van der Waals surface area (Å²) in [5.41, 5.74) is 2.71. The maximum absolute atomic E-state index is 12.3. The molecule has 1 aromatic carbocycles. The molecule has 1 aliphatic heterocycles. The number of nitrogens with zero attached hydrogens (tertiary/aromatic N) is 2. The van der Waals surface area contributed by atoms with Gasteiger partial charge in [-0.3, -0.25) is 0 Å². The molecule has 146 valence electrons. The van der Waals surface area contributed by atoms with Crippen LogP contribution in [0.1, 0.15) is 44.9 Å². The number of hydrogen-bond acceptors (Lipinski definition) is 5. The number of benzene rings is 1. The zero-order valence-corrected chi connectivity index (χ0v) is 17.7. The molecule has 1 aliphatic rings. The standard InChI is InChI=1S/C21H29N3O2S/c1-14-7-6-8-16-13-17(15(2)22-20(25)26-21(3,4)5)19(23-18(14)16)24-9-11-27-12-10-24/h6-8,13,15H,9-12H2,1-5H3,(H,22,25). The topological polar surface area (TPSA) is 54.5 Å². The van der Waals surface area contributed by atoms with Crippen molar-refractivity contribution in [3.8, 4) is 0 Å². The fourth-order valence-electron chi connectivity index (χ4n) is 3.26. The van der Waals surface area contributed by atoms with Crippen molar-refractivity contribution in [2.75, 3.05) is 29.5 Å². The maximum Gasteiger partial charge on any atom is 0.408 e. The summed E-state index contributed by atoms with van der Waals surface area (Å²) in [6.07, 6.45) is -0.403. The number of para-hydroxylation sites is 1. The number of alkyl carbamates (subject to hydrolysis) is 1. The molecule has 3 rings (SSSR count). The van der Waals surface area contributed by atoms with Crippen molar-refractivity contribution in [3.05, 3.63) is 35.4 Å². The van der Waals surface area contributed by atoms with Crippen LogP contribution in [0.5, 0.6) is 0 Å². The second kappa shape index (κ2) is 7.97. The SMILES string of the molecule is Cc1cccc2cc(C(C)NC(=O)OC(C)(C)C)c(N3CCSCC3)nc12. The van der Waals surface area contributed by atoms with Gasteiger partial charge in [-0.1, -0.05) is 18.2 Å². The average molecular weight is 388 g/mol. The molecule has 0 radical (unpaired) electrons. The van der Waals surface area contributed by atoms with E-state index in [1.165, 1.54) is 5.56 Å². The Bertz CT molecular complexity index is 826. The maximum atomic E-state index is 12.3. The quantitative estimate of drug-likeness (QED) is 0.828. The van der Waals surface area contributed by atoms with Crippen LogP contribution in [-0.2, 0) is 4.74 Å². The van der Waals surface area contributed by atoms with Gasteiger partial charge in [0.1, 0.15) is 11.4 Å². The van der Waals surface area contributed by atoms with Gasteiger partial charge in [0.25, 0.3) is 0 Å². The molecule has 0 bridgehead atoms. The fourth-order valence-corrected chi connectivity index (χ4v) is 4.17. The van der Waals surface area contributed by atoms with Crippen molar-refractivity contribution in [1.82, 2.24) is 10.3 Å². The largest absolute Gasteiger partial charge is 0.444 e. The van der Waals surface area contributed by atoms with Crippen molar-refractivity contribution >= 4 is 34.6 Å². The van der Waals surface area contributed by atoms with Gasteiger partial charge in [0.05, 0.1) is 11.6 Å². The first-order chi connectivity index (χ1) is 12.7. The van der Waals surface area contributed by atoms with Crippen molar-refractivity contribution in [3.63, 3.8) is 0 Å². The molecular weight excluding hydrogens is 358 g/mol. The van der Waals surface area contributed by atoms with Crippen molar-refractivity contribution in [2.24, 2.45) is 0 Å². The van der Waals surface area contributed by atoms with Crippen LogP contribution in [0.4, 0.5) is 10.6 Å². The van der Waals surface area contributed by atoms with Crippen LogP contribution in [0.2, 0.25) is 0 Å². The highest BCUT2D eigenvalue weighted by atomic mass is 32.2. The molecule has 1 unspecified atom stereocenters. The van der Waals surface area contributed by atoms with E-state index in [0.29, 0.717) is 0 Å². The number of carbonyl (C=O) groups excluding carboxylic acids is 1. The van der Waals surface area contributed by atoms with E-state index in [1.807, 2.05) is 45.5 Å². The van der Waals surface area contributed by atoms with Gasteiger partial charge in [0.15, 0.2) is 0 Å². The monoisotopic (exact) mass is 387 g/mol. The third-order valence-corrected chi connectivity index (χ3v) is 5.51. The number of aromatic nitrogens is 1. The first kappa shape index (κ1) is 19.8. The second-order valence-corrected chi connectivity index (χ2v) is 9.24. The molecule has 2 aromatic rings. The lowest BCUT2D eigenvalue weighted by Crippen LogP contribution is -2.37. The van der Waals surface area contributed by atoms with Crippen LogP contribution in [0, 0.1) is 6.92 Å². The Morgan fingerprint density at radius 1 is 1.30 bits per heavy atom. The average Bonchev–Trinajstić information content (AvgIpc) is 2.60. The number of aryl methyl sites for hydroxylation is 1. The lowest BCUT2D eigenvalue weighted by Gasteiger charge is -2.31. The van der Waals surface area contributed by atoms with E-state index >= 15 is 0 Å². The minimum absolute atomic E-state index is 0.193. The Balaban J connectivity index is 1.97. The lowest BCUT2D eigenvalue weighted by molar-refractivity contribution is 0.0508. The molecular formula is C21H29N3O2S. The molecule has 1 amide bonds. The fraction of sp³-hybridized carbons (Fsp3) is 0.524. The van der Waals surface area contributed by atoms with Gasteiger partial charge < -0.3 is 15.0 Å². The summed E-state index contributed by atoms with van der Waals surface area (Å²) in [6.45, 7) is 11.6. The highest BCUT2D eigenvalue weighted by Gasteiger charge is 2.24. The minimum atomic E-state index is -0.518. The Hall–Kier alpha value is -1.95. The Kier molecular flexibility index (Phi) is 5.84. The Morgan fingerprint density at radius 3 is 2.67 bits per heavy atom. The van der Waals surface area contributed by atoms with Crippen molar-refractivity contribution in [2.45, 2.75) is 46.3 Å². The number of carbonyl (C=O) groups is 1. The molecule has 1 fully saturated rings. The summed E-state index contributed by atoms with van der Waals surface area (Å²) >= 11 is 1.97. The summed E-state index contributed by atoms with van der Waals surface area (Å²) < 4.78 is 5.43. The number of rotatable bonds is 3. The van der Waals surface area contributed by atoms with E-state index in [-0.39, 0.29) is 6.04 Å². The van der Waals surface area contributed by atoms with Crippen LogP contribution >= 0.6 is 11.8 Å². The summed E-state index contributed by atoms with van der Waals surface area (Å²) in [6, 6.07) is 8.19. The first-order valence-electron chi connectivity index (χ1n) is 9.47. The molecule has 2 heterocycles. The number of ether oxygens (including phenoxy) is 1. The Labute approximate surface area is 165 Å². The van der Waals surface area contributed by atoms with E-state index in [4.69, 9.17) is 9.72 Å². The highest BCUT2D eigenvalue weighted by molar-refractivity contribution is 7.99. The summed E-state index contributed by atoms with van der Waals surface area (Å²) in [5.74, 6) is 3.17. The third kappa shape index (κ3) is 4.86. The number of pyridine rings is 1.